The predicted octanol–water partition coefficient (Wildman–Crippen LogP) is 7.30. The molecule has 0 aromatic heterocycles. The Morgan fingerprint density at radius 1 is 0.917 bits per heavy atom. The third-order valence-corrected chi connectivity index (χ3v) is 6.41. The van der Waals surface area contributed by atoms with Gasteiger partial charge in [0.25, 0.3) is 0 Å². The van der Waals surface area contributed by atoms with Gasteiger partial charge in [-0.15, -0.1) is 0 Å². The Morgan fingerprint density at radius 3 is 2.22 bits per heavy atom. The summed E-state index contributed by atoms with van der Waals surface area (Å²) in [4.78, 5) is 0. The van der Waals surface area contributed by atoms with Gasteiger partial charge >= 0.3 is 0 Å². The van der Waals surface area contributed by atoms with E-state index in [2.05, 4.69) is 6.58 Å². The molecule has 1 heterocycles. The van der Waals surface area contributed by atoms with Crippen LogP contribution in [-0.2, 0) is 4.74 Å². The van der Waals surface area contributed by atoms with Gasteiger partial charge in [-0.25, -0.2) is 13.2 Å². The number of benzene rings is 3. The maximum Gasteiger partial charge on any atom is 0.224 e. The number of aliphatic hydroxyl groups excluding tert-OH is 1. The van der Waals surface area contributed by atoms with Crippen LogP contribution in [0.5, 0.6) is 5.75 Å². The first-order chi connectivity index (χ1) is 17.4. The summed E-state index contributed by atoms with van der Waals surface area (Å²) in [6.07, 6.45) is 1.70. The number of halogens is 4. The second-order valence-corrected chi connectivity index (χ2v) is 8.65. The fourth-order valence-electron chi connectivity index (χ4n) is 4.24. The van der Waals surface area contributed by atoms with Crippen molar-refractivity contribution in [1.82, 2.24) is 0 Å². The van der Waals surface area contributed by atoms with Crippen molar-refractivity contribution in [2.45, 2.75) is 18.8 Å². The van der Waals surface area contributed by atoms with Crippen molar-refractivity contribution in [3.8, 4) is 16.9 Å². The molecule has 3 aromatic carbocycles. The lowest BCUT2D eigenvalue weighted by molar-refractivity contribution is -0.0224. The smallest absolute Gasteiger partial charge is 0.224 e. The molecular weight excluding hydrogens is 472 g/mol. The molecule has 3 nitrogen and oxygen atoms in total. The monoisotopic (exact) mass is 494 g/mol. The molecule has 1 aliphatic carbocycles. The van der Waals surface area contributed by atoms with Crippen LogP contribution < -0.4 is 4.74 Å². The van der Waals surface area contributed by atoms with Crippen LogP contribution in [0.15, 0.2) is 85.0 Å². The summed E-state index contributed by atoms with van der Waals surface area (Å²) < 4.78 is 68.9. The second kappa shape index (κ2) is 9.76. The number of hydrogen-bond donors (Lipinski definition) is 1. The molecule has 1 saturated heterocycles. The van der Waals surface area contributed by atoms with E-state index in [0.29, 0.717) is 24.2 Å². The molecule has 1 N–H and O–H groups in total. The van der Waals surface area contributed by atoms with E-state index in [1.165, 1.54) is 36.4 Å². The van der Waals surface area contributed by atoms with E-state index in [1.807, 2.05) is 0 Å². The minimum Gasteiger partial charge on any atom is -0.458 e. The Kier molecular flexibility index (Phi) is 6.51. The molecule has 0 amide bonds. The van der Waals surface area contributed by atoms with Gasteiger partial charge in [0.1, 0.15) is 5.83 Å². The molecule has 1 aliphatic heterocycles. The van der Waals surface area contributed by atoms with Gasteiger partial charge in [0.05, 0.1) is 12.7 Å². The summed E-state index contributed by atoms with van der Waals surface area (Å²) in [7, 11) is 0. The zero-order valence-electron chi connectivity index (χ0n) is 19.1. The van der Waals surface area contributed by atoms with Crippen molar-refractivity contribution in [2.24, 2.45) is 5.92 Å². The van der Waals surface area contributed by atoms with Crippen LogP contribution in [0.25, 0.3) is 22.8 Å². The van der Waals surface area contributed by atoms with E-state index in [9.17, 15) is 22.7 Å². The number of hydrogen-bond acceptors (Lipinski definition) is 3. The third kappa shape index (κ3) is 4.59. The summed E-state index contributed by atoms with van der Waals surface area (Å²) in [6.45, 7) is 4.09. The maximum absolute atomic E-state index is 14.8. The lowest BCUT2D eigenvalue weighted by atomic mass is 9.89. The first-order valence-corrected chi connectivity index (χ1v) is 11.4. The largest absolute Gasteiger partial charge is 0.458 e. The van der Waals surface area contributed by atoms with Crippen LogP contribution in [0.4, 0.5) is 17.6 Å². The molecule has 36 heavy (non-hydrogen) atoms. The molecule has 0 spiro atoms. The van der Waals surface area contributed by atoms with Crippen LogP contribution in [0, 0.1) is 17.6 Å². The van der Waals surface area contributed by atoms with Gasteiger partial charge in [0.2, 0.25) is 12.1 Å². The van der Waals surface area contributed by atoms with Crippen molar-refractivity contribution in [1.29, 1.82) is 0 Å². The highest BCUT2D eigenvalue weighted by molar-refractivity contribution is 5.78. The molecule has 1 fully saturated rings. The molecule has 3 unspecified atom stereocenters. The van der Waals surface area contributed by atoms with E-state index < -0.39 is 41.2 Å². The van der Waals surface area contributed by atoms with Crippen molar-refractivity contribution in [3.63, 3.8) is 0 Å². The molecule has 7 heteroatoms. The van der Waals surface area contributed by atoms with Gasteiger partial charge < -0.3 is 14.6 Å². The highest BCUT2D eigenvalue weighted by Gasteiger charge is 2.39. The van der Waals surface area contributed by atoms with E-state index >= 15 is 0 Å². The zero-order chi connectivity index (χ0) is 25.4. The Bertz CT molecular complexity index is 1360. The van der Waals surface area contributed by atoms with Gasteiger partial charge in [-0.1, -0.05) is 67.3 Å². The quantitative estimate of drug-likeness (QED) is 0.213. The van der Waals surface area contributed by atoms with Gasteiger partial charge in [-0.05, 0) is 35.2 Å². The lowest BCUT2D eigenvalue weighted by Crippen LogP contribution is -2.13. The van der Waals surface area contributed by atoms with Crippen LogP contribution >= 0.6 is 0 Å². The highest BCUT2D eigenvalue weighted by Crippen LogP contribution is 2.42. The molecule has 2 aliphatic rings. The summed E-state index contributed by atoms with van der Waals surface area (Å²) >= 11 is 0. The number of rotatable bonds is 7. The number of epoxide rings is 1. The van der Waals surface area contributed by atoms with Crippen molar-refractivity contribution in [3.05, 3.63) is 113 Å². The highest BCUT2D eigenvalue weighted by atomic mass is 19.2. The van der Waals surface area contributed by atoms with Crippen LogP contribution in [-0.4, -0.2) is 17.8 Å². The maximum atomic E-state index is 14.8. The Labute approximate surface area is 205 Å². The predicted molar refractivity (Wildman–Crippen MR) is 129 cm³/mol. The zero-order valence-corrected chi connectivity index (χ0v) is 19.1. The standard InChI is InChI=1S/C29H22F4O3/c1-2-16-3-5-17(6-4-16)21-13-14-23(28(33)26(21)31)36-29(34)19-9-7-18(8-10-19)20-11-12-22(24-15-35-24)27(32)25(20)30/h2-11,13-14,22,24,29,34H,1,12,15H2. The van der Waals surface area contributed by atoms with Gasteiger partial charge in [-0.2, -0.15) is 4.39 Å². The fourth-order valence-corrected chi connectivity index (χ4v) is 4.24. The SMILES string of the molecule is C=Cc1ccc(-c2ccc(OC(O)c3ccc(C4=CCC(C5CO5)C(F)=C4F)cc3)c(F)c2F)cc1. The summed E-state index contributed by atoms with van der Waals surface area (Å²) in [5.41, 5.74) is 2.13. The molecule has 3 aromatic rings. The summed E-state index contributed by atoms with van der Waals surface area (Å²) in [5, 5.41) is 10.4. The normalized spacial score (nSPS) is 20.1. The first kappa shape index (κ1) is 24.0. The Balaban J connectivity index is 1.31. The topological polar surface area (TPSA) is 42.0 Å². The minimum atomic E-state index is -1.61. The second-order valence-electron chi connectivity index (χ2n) is 8.65. The molecule has 5 rings (SSSR count). The van der Waals surface area contributed by atoms with Crippen molar-refractivity contribution >= 4 is 11.6 Å². The van der Waals surface area contributed by atoms with Crippen molar-refractivity contribution < 1.29 is 32.1 Å². The molecular formula is C29H22F4O3. The molecule has 3 atom stereocenters. The summed E-state index contributed by atoms with van der Waals surface area (Å²) in [5.74, 6) is -5.15. The van der Waals surface area contributed by atoms with Crippen LogP contribution in [0.2, 0.25) is 0 Å². The van der Waals surface area contributed by atoms with Gasteiger partial charge in [0, 0.05) is 22.6 Å². The molecule has 184 valence electrons. The molecule has 0 bridgehead atoms. The molecule has 0 saturated carbocycles. The average Bonchev–Trinajstić information content (AvgIpc) is 3.74. The van der Waals surface area contributed by atoms with Gasteiger partial charge in [0.15, 0.2) is 17.4 Å². The third-order valence-electron chi connectivity index (χ3n) is 6.41. The molecule has 0 radical (unpaired) electrons. The summed E-state index contributed by atoms with van der Waals surface area (Å²) in [6, 6.07) is 15.3. The van der Waals surface area contributed by atoms with E-state index in [1.54, 1.807) is 36.4 Å². The van der Waals surface area contributed by atoms with E-state index in [-0.39, 0.29) is 22.8 Å². The fraction of sp³-hybridized carbons (Fsp3) is 0.172. The first-order valence-electron chi connectivity index (χ1n) is 11.4. The number of allylic oxidation sites excluding steroid dienone is 3. The van der Waals surface area contributed by atoms with Gasteiger partial charge in [-0.3, -0.25) is 0 Å². The Hall–Kier alpha value is -3.68. The minimum absolute atomic E-state index is 0.0489. The number of ether oxygens (including phenoxy) is 2. The van der Waals surface area contributed by atoms with Crippen molar-refractivity contribution in [2.75, 3.05) is 6.61 Å². The van der Waals surface area contributed by atoms with Crippen LogP contribution in [0.3, 0.4) is 0 Å². The van der Waals surface area contributed by atoms with Crippen LogP contribution in [0.1, 0.15) is 29.4 Å². The lowest BCUT2D eigenvalue weighted by Gasteiger charge is -2.19. The average molecular weight is 494 g/mol. The van der Waals surface area contributed by atoms with E-state index in [0.717, 1.165) is 5.56 Å². The van der Waals surface area contributed by atoms with E-state index in [4.69, 9.17) is 9.47 Å². The Morgan fingerprint density at radius 2 is 1.58 bits per heavy atom. The number of aliphatic hydroxyl groups is 1.